The molecule has 0 fully saturated rings. The van der Waals surface area contributed by atoms with Gasteiger partial charge in [0.25, 0.3) is 5.91 Å². The summed E-state index contributed by atoms with van der Waals surface area (Å²) in [4.78, 5) is 24.0. The van der Waals surface area contributed by atoms with E-state index in [9.17, 15) is 14.7 Å². The molecule has 1 atom stereocenters. The Hall–Kier alpha value is -2.56. The zero-order valence-electron chi connectivity index (χ0n) is 15.3. The first-order valence-electron chi connectivity index (χ1n) is 8.59. The molecule has 1 unspecified atom stereocenters. The molecule has 0 saturated heterocycles. The lowest BCUT2D eigenvalue weighted by Crippen LogP contribution is -2.41. The fourth-order valence-electron chi connectivity index (χ4n) is 3.08. The third-order valence-electron chi connectivity index (χ3n) is 4.55. The summed E-state index contributed by atoms with van der Waals surface area (Å²) in [7, 11) is 0. The maximum atomic E-state index is 12.8. The van der Waals surface area contributed by atoms with Gasteiger partial charge >= 0.3 is 5.97 Å². The largest absolute Gasteiger partial charge is 0.480 e. The number of carbonyl (C=O) groups is 2. The first kappa shape index (κ1) is 18.8. The lowest BCUT2D eigenvalue weighted by molar-refractivity contribution is -0.139. The Labute approximate surface area is 148 Å². The molecule has 2 N–H and O–H groups in total. The van der Waals surface area contributed by atoms with Crippen molar-refractivity contribution >= 4 is 22.8 Å². The molecule has 5 heteroatoms. The third-order valence-corrected chi connectivity index (χ3v) is 4.55. The van der Waals surface area contributed by atoms with Crippen molar-refractivity contribution in [3.05, 3.63) is 47.7 Å². The Morgan fingerprint density at radius 2 is 2.04 bits per heavy atom. The normalized spacial score (nSPS) is 12.4. The van der Waals surface area contributed by atoms with E-state index in [4.69, 9.17) is 0 Å². The Morgan fingerprint density at radius 1 is 1.36 bits per heavy atom. The van der Waals surface area contributed by atoms with Gasteiger partial charge in [-0.3, -0.25) is 4.79 Å². The number of carboxylic acids is 1. The fourth-order valence-corrected chi connectivity index (χ4v) is 3.08. The molecule has 134 valence electrons. The van der Waals surface area contributed by atoms with Gasteiger partial charge in [-0.2, -0.15) is 0 Å². The summed E-state index contributed by atoms with van der Waals surface area (Å²) >= 11 is 0. The van der Waals surface area contributed by atoms with E-state index in [2.05, 4.69) is 37.9 Å². The monoisotopic (exact) mass is 342 g/mol. The van der Waals surface area contributed by atoms with Crippen molar-refractivity contribution in [1.29, 1.82) is 0 Å². The van der Waals surface area contributed by atoms with Crippen LogP contribution in [0.3, 0.4) is 0 Å². The van der Waals surface area contributed by atoms with Crippen LogP contribution in [0.5, 0.6) is 0 Å². The molecule has 0 aliphatic carbocycles. The summed E-state index contributed by atoms with van der Waals surface area (Å²) < 4.78 is 1.89. The van der Waals surface area contributed by atoms with E-state index < -0.39 is 12.0 Å². The van der Waals surface area contributed by atoms with Crippen LogP contribution in [0.25, 0.3) is 10.9 Å². The second-order valence-electron chi connectivity index (χ2n) is 6.58. The van der Waals surface area contributed by atoms with Crippen molar-refractivity contribution in [2.24, 2.45) is 0 Å². The van der Waals surface area contributed by atoms with Crippen LogP contribution >= 0.6 is 0 Å². The average Bonchev–Trinajstić information content (AvgIpc) is 2.84. The van der Waals surface area contributed by atoms with Gasteiger partial charge < -0.3 is 15.0 Å². The van der Waals surface area contributed by atoms with Gasteiger partial charge in [0.2, 0.25) is 0 Å². The van der Waals surface area contributed by atoms with Gasteiger partial charge in [0.1, 0.15) is 11.7 Å². The number of amides is 1. The molecule has 0 aliphatic rings. The number of carboxylic acid groups (broad SMARTS) is 1. The highest BCUT2D eigenvalue weighted by Gasteiger charge is 2.24. The van der Waals surface area contributed by atoms with Crippen molar-refractivity contribution in [2.45, 2.75) is 52.6 Å². The number of nitrogens with one attached hydrogen (secondary N) is 1. The molecular formula is C20H26N2O3. The summed E-state index contributed by atoms with van der Waals surface area (Å²) in [5.41, 5.74) is 3.51. The molecular weight excluding hydrogens is 316 g/mol. The summed E-state index contributed by atoms with van der Waals surface area (Å²) in [6.45, 7) is 12.2. The second kappa shape index (κ2) is 7.55. The molecule has 1 amide bonds. The van der Waals surface area contributed by atoms with E-state index in [0.717, 1.165) is 16.5 Å². The van der Waals surface area contributed by atoms with E-state index in [1.165, 1.54) is 5.56 Å². The van der Waals surface area contributed by atoms with Gasteiger partial charge in [-0.15, -0.1) is 6.58 Å². The predicted octanol–water partition coefficient (Wildman–Crippen LogP) is 3.85. The number of allylic oxidation sites excluding steroid dienone is 1. The number of hydrogen-bond acceptors (Lipinski definition) is 2. The highest BCUT2D eigenvalue weighted by atomic mass is 16.4. The van der Waals surface area contributed by atoms with Crippen LogP contribution in [-0.2, 0) is 11.3 Å². The van der Waals surface area contributed by atoms with Crippen molar-refractivity contribution in [3.8, 4) is 0 Å². The number of carbonyl (C=O) groups excluding carboxylic acids is 1. The van der Waals surface area contributed by atoms with Crippen LogP contribution in [0.2, 0.25) is 0 Å². The molecule has 0 radical (unpaired) electrons. The van der Waals surface area contributed by atoms with E-state index in [0.29, 0.717) is 24.6 Å². The highest BCUT2D eigenvalue weighted by Crippen LogP contribution is 2.29. The first-order chi connectivity index (χ1) is 11.8. The predicted molar refractivity (Wildman–Crippen MR) is 100 cm³/mol. The summed E-state index contributed by atoms with van der Waals surface area (Å²) in [5.74, 6) is -1.00. The molecule has 0 aliphatic heterocycles. The molecule has 25 heavy (non-hydrogen) atoms. The maximum absolute atomic E-state index is 12.8. The molecule has 2 rings (SSSR count). The number of fused-ring (bicyclic) bond motifs is 1. The second-order valence-corrected chi connectivity index (χ2v) is 6.58. The van der Waals surface area contributed by atoms with Gasteiger partial charge in [-0.1, -0.05) is 32.9 Å². The Morgan fingerprint density at radius 3 is 2.56 bits per heavy atom. The molecule has 0 bridgehead atoms. The number of benzene rings is 1. The smallest absolute Gasteiger partial charge is 0.326 e. The Kier molecular flexibility index (Phi) is 5.67. The summed E-state index contributed by atoms with van der Waals surface area (Å²) in [5, 5.41) is 12.9. The molecule has 0 saturated carbocycles. The van der Waals surface area contributed by atoms with Gasteiger partial charge in [-0.05, 0) is 42.5 Å². The number of aromatic nitrogens is 1. The number of aryl methyl sites for hydroxylation is 1. The van der Waals surface area contributed by atoms with Crippen molar-refractivity contribution in [2.75, 3.05) is 0 Å². The summed E-state index contributed by atoms with van der Waals surface area (Å²) in [6, 6.07) is 5.31. The first-order valence-corrected chi connectivity index (χ1v) is 8.59. The molecule has 5 nitrogen and oxygen atoms in total. The van der Waals surface area contributed by atoms with Crippen LogP contribution < -0.4 is 5.32 Å². The minimum Gasteiger partial charge on any atom is -0.480 e. The molecule has 1 heterocycles. The number of rotatable bonds is 7. The third kappa shape index (κ3) is 3.60. The van der Waals surface area contributed by atoms with Crippen molar-refractivity contribution in [3.63, 3.8) is 0 Å². The van der Waals surface area contributed by atoms with Gasteiger partial charge in [0.05, 0.1) is 0 Å². The number of nitrogens with zero attached hydrogens (tertiary/aromatic N) is 1. The minimum atomic E-state index is -1.03. The van der Waals surface area contributed by atoms with Gasteiger partial charge in [0, 0.05) is 17.4 Å². The minimum absolute atomic E-state index is 0.333. The van der Waals surface area contributed by atoms with Gasteiger partial charge in [-0.25, -0.2) is 4.79 Å². The molecule has 0 spiro atoms. The van der Waals surface area contributed by atoms with E-state index in [-0.39, 0.29) is 5.91 Å². The quantitative estimate of drug-likeness (QED) is 0.751. The van der Waals surface area contributed by atoms with Crippen molar-refractivity contribution < 1.29 is 14.7 Å². The Balaban J connectivity index is 2.59. The van der Waals surface area contributed by atoms with Crippen LogP contribution in [0, 0.1) is 6.92 Å². The SMILES string of the molecule is C=CCn1c(C(=O)NC(CC)C(=O)O)c(C)c2cc(C(C)C)ccc21. The van der Waals surface area contributed by atoms with E-state index in [1.807, 2.05) is 17.6 Å². The lowest BCUT2D eigenvalue weighted by Gasteiger charge is -2.14. The molecule has 1 aromatic heterocycles. The fraction of sp³-hybridized carbons (Fsp3) is 0.400. The topological polar surface area (TPSA) is 71.3 Å². The average molecular weight is 342 g/mol. The summed E-state index contributed by atoms with van der Waals surface area (Å²) in [6.07, 6.45) is 2.07. The zero-order chi connectivity index (χ0) is 18.7. The molecule has 1 aromatic carbocycles. The maximum Gasteiger partial charge on any atom is 0.326 e. The molecule has 2 aromatic rings. The Bertz CT molecular complexity index is 818. The zero-order valence-corrected chi connectivity index (χ0v) is 15.3. The van der Waals surface area contributed by atoms with Crippen LogP contribution in [0.1, 0.15) is 54.7 Å². The number of aliphatic carboxylic acids is 1. The van der Waals surface area contributed by atoms with E-state index >= 15 is 0 Å². The lowest BCUT2D eigenvalue weighted by atomic mass is 10.0. The van der Waals surface area contributed by atoms with E-state index in [1.54, 1.807) is 13.0 Å². The van der Waals surface area contributed by atoms with Crippen LogP contribution in [0.15, 0.2) is 30.9 Å². The van der Waals surface area contributed by atoms with Crippen LogP contribution in [0.4, 0.5) is 0 Å². The van der Waals surface area contributed by atoms with Crippen molar-refractivity contribution in [1.82, 2.24) is 9.88 Å². The standard InChI is InChI=1S/C20H26N2O3/c1-6-10-22-17-9-8-14(12(3)4)11-15(17)13(5)18(22)19(23)21-16(7-2)20(24)25/h6,8-9,11-12,16H,1,7,10H2,2-5H3,(H,21,23)(H,24,25). The highest BCUT2D eigenvalue weighted by molar-refractivity contribution is 6.03. The number of hydrogen-bond donors (Lipinski definition) is 2. The van der Waals surface area contributed by atoms with Crippen LogP contribution in [-0.4, -0.2) is 27.6 Å². The van der Waals surface area contributed by atoms with Gasteiger partial charge in [0.15, 0.2) is 0 Å².